The molecule has 2 rings (SSSR count). The summed E-state index contributed by atoms with van der Waals surface area (Å²) in [5.74, 6) is 0.661. The van der Waals surface area contributed by atoms with E-state index in [2.05, 4.69) is 17.6 Å². The zero-order valence-electron chi connectivity index (χ0n) is 14.2. The molecule has 0 aromatic heterocycles. The predicted octanol–water partition coefficient (Wildman–Crippen LogP) is 4.88. The van der Waals surface area contributed by atoms with Gasteiger partial charge in [0.15, 0.2) is 0 Å². The van der Waals surface area contributed by atoms with Crippen molar-refractivity contribution < 1.29 is 9.53 Å². The summed E-state index contributed by atoms with van der Waals surface area (Å²) in [6, 6.07) is 13.1. The maximum atomic E-state index is 12.1. The van der Waals surface area contributed by atoms with Gasteiger partial charge in [0.1, 0.15) is 5.75 Å². The Hall–Kier alpha value is -2.20. The zero-order valence-corrected chi connectivity index (χ0v) is 15.0. The molecule has 0 saturated carbocycles. The first kappa shape index (κ1) is 18.1. The van der Waals surface area contributed by atoms with Crippen LogP contribution in [0.15, 0.2) is 42.5 Å². The van der Waals surface area contributed by atoms with Crippen molar-refractivity contribution in [3.05, 3.63) is 53.1 Å². The van der Waals surface area contributed by atoms with E-state index in [4.69, 9.17) is 16.3 Å². The predicted molar refractivity (Wildman–Crippen MR) is 100 cm³/mol. The van der Waals surface area contributed by atoms with Crippen molar-refractivity contribution in [2.45, 2.75) is 33.3 Å². The highest BCUT2D eigenvalue weighted by atomic mass is 35.5. The van der Waals surface area contributed by atoms with Gasteiger partial charge in [-0.1, -0.05) is 30.7 Å². The summed E-state index contributed by atoms with van der Waals surface area (Å²) in [7, 11) is 0. The SMILES string of the molecule is CCC(C)Oc1cccc(NCC(=O)Nc2cccc(Cl)c2C)c1. The molecule has 2 aromatic rings. The lowest BCUT2D eigenvalue weighted by Crippen LogP contribution is -2.22. The van der Waals surface area contributed by atoms with Gasteiger partial charge in [-0.05, 0) is 50.1 Å². The number of hydrogen-bond acceptors (Lipinski definition) is 3. The van der Waals surface area contributed by atoms with Gasteiger partial charge in [0.05, 0.1) is 12.6 Å². The third-order valence-electron chi connectivity index (χ3n) is 3.74. The Kier molecular flexibility index (Phi) is 6.50. The number of nitrogens with one attached hydrogen (secondary N) is 2. The first-order valence-corrected chi connectivity index (χ1v) is 8.43. The molecular weight excluding hydrogens is 324 g/mol. The largest absolute Gasteiger partial charge is 0.491 e. The van der Waals surface area contributed by atoms with Gasteiger partial charge in [0.2, 0.25) is 5.91 Å². The Bertz CT molecular complexity index is 704. The van der Waals surface area contributed by atoms with E-state index in [-0.39, 0.29) is 18.6 Å². The topological polar surface area (TPSA) is 50.4 Å². The molecule has 0 bridgehead atoms. The van der Waals surface area contributed by atoms with Crippen LogP contribution in [0.4, 0.5) is 11.4 Å². The molecule has 2 aromatic carbocycles. The highest BCUT2D eigenvalue weighted by molar-refractivity contribution is 6.31. The summed E-state index contributed by atoms with van der Waals surface area (Å²) in [5.41, 5.74) is 2.42. The Morgan fingerprint density at radius 3 is 2.75 bits per heavy atom. The number of carbonyl (C=O) groups excluding carboxylic acids is 1. The fourth-order valence-electron chi connectivity index (χ4n) is 2.11. The lowest BCUT2D eigenvalue weighted by Gasteiger charge is -2.14. The summed E-state index contributed by atoms with van der Waals surface area (Å²) in [5, 5.41) is 6.60. The molecule has 1 unspecified atom stereocenters. The van der Waals surface area contributed by atoms with E-state index in [1.165, 1.54) is 0 Å². The fourth-order valence-corrected chi connectivity index (χ4v) is 2.29. The van der Waals surface area contributed by atoms with Crippen molar-refractivity contribution in [3.8, 4) is 5.75 Å². The van der Waals surface area contributed by atoms with Crippen LogP contribution in [0.1, 0.15) is 25.8 Å². The van der Waals surface area contributed by atoms with Crippen LogP contribution < -0.4 is 15.4 Å². The molecule has 1 atom stereocenters. The lowest BCUT2D eigenvalue weighted by molar-refractivity contribution is -0.114. The molecule has 0 aliphatic heterocycles. The van der Waals surface area contributed by atoms with E-state index in [1.54, 1.807) is 6.07 Å². The summed E-state index contributed by atoms with van der Waals surface area (Å²) in [4.78, 5) is 12.1. The summed E-state index contributed by atoms with van der Waals surface area (Å²) in [6.45, 7) is 6.15. The number of hydrogen-bond donors (Lipinski definition) is 2. The second-order valence-electron chi connectivity index (χ2n) is 5.68. The van der Waals surface area contributed by atoms with Crippen molar-refractivity contribution >= 4 is 28.9 Å². The van der Waals surface area contributed by atoms with E-state index in [9.17, 15) is 4.79 Å². The Morgan fingerprint density at radius 1 is 1.25 bits per heavy atom. The highest BCUT2D eigenvalue weighted by Gasteiger charge is 2.07. The third-order valence-corrected chi connectivity index (χ3v) is 4.15. The van der Waals surface area contributed by atoms with Crippen LogP contribution in [0.25, 0.3) is 0 Å². The smallest absolute Gasteiger partial charge is 0.243 e. The van der Waals surface area contributed by atoms with Crippen LogP contribution in [-0.2, 0) is 4.79 Å². The van der Waals surface area contributed by atoms with Crippen molar-refractivity contribution in [1.82, 2.24) is 0 Å². The molecule has 24 heavy (non-hydrogen) atoms. The number of carbonyl (C=O) groups is 1. The average Bonchev–Trinajstić information content (AvgIpc) is 2.57. The number of rotatable bonds is 7. The second kappa shape index (κ2) is 8.60. The van der Waals surface area contributed by atoms with E-state index >= 15 is 0 Å². The summed E-state index contributed by atoms with van der Waals surface area (Å²) in [6.07, 6.45) is 1.10. The number of ether oxygens (including phenoxy) is 1. The molecule has 0 aliphatic carbocycles. The molecular formula is C19H23ClN2O2. The van der Waals surface area contributed by atoms with Crippen LogP contribution in [0.3, 0.4) is 0 Å². The van der Waals surface area contributed by atoms with E-state index in [0.29, 0.717) is 5.02 Å². The van der Waals surface area contributed by atoms with Crippen LogP contribution in [0.2, 0.25) is 5.02 Å². The normalized spacial score (nSPS) is 11.7. The van der Waals surface area contributed by atoms with Crippen LogP contribution in [0, 0.1) is 6.92 Å². The number of benzene rings is 2. The van der Waals surface area contributed by atoms with E-state index < -0.39 is 0 Å². The van der Waals surface area contributed by atoms with Gasteiger partial charge in [-0.2, -0.15) is 0 Å². The molecule has 0 heterocycles. The van der Waals surface area contributed by atoms with Gasteiger partial charge in [0, 0.05) is 22.5 Å². The van der Waals surface area contributed by atoms with Gasteiger partial charge >= 0.3 is 0 Å². The number of amides is 1. The Labute approximate surface area is 148 Å². The standard InChI is InChI=1S/C19H23ClN2O2/c1-4-13(2)24-16-8-5-7-15(11-16)21-12-19(23)22-18-10-6-9-17(20)14(18)3/h5-11,13,21H,4,12H2,1-3H3,(H,22,23). The number of halogens is 1. The van der Waals surface area contributed by atoms with Crippen LogP contribution in [0.5, 0.6) is 5.75 Å². The first-order valence-electron chi connectivity index (χ1n) is 8.05. The maximum Gasteiger partial charge on any atom is 0.243 e. The summed E-state index contributed by atoms with van der Waals surface area (Å²) < 4.78 is 5.78. The van der Waals surface area contributed by atoms with E-state index in [1.807, 2.05) is 50.2 Å². The molecule has 1 amide bonds. The molecule has 0 spiro atoms. The average molecular weight is 347 g/mol. The molecule has 0 saturated heterocycles. The molecule has 0 radical (unpaired) electrons. The molecule has 4 nitrogen and oxygen atoms in total. The number of anilines is 2. The minimum Gasteiger partial charge on any atom is -0.491 e. The molecule has 5 heteroatoms. The van der Waals surface area contributed by atoms with Crippen molar-refractivity contribution in [2.24, 2.45) is 0 Å². The molecule has 0 aliphatic rings. The van der Waals surface area contributed by atoms with Gasteiger partial charge in [-0.3, -0.25) is 4.79 Å². The Morgan fingerprint density at radius 2 is 2.00 bits per heavy atom. The van der Waals surface area contributed by atoms with E-state index in [0.717, 1.165) is 29.1 Å². The van der Waals surface area contributed by atoms with Crippen molar-refractivity contribution in [3.63, 3.8) is 0 Å². The summed E-state index contributed by atoms with van der Waals surface area (Å²) >= 11 is 6.06. The van der Waals surface area contributed by atoms with Gasteiger partial charge in [-0.15, -0.1) is 0 Å². The lowest BCUT2D eigenvalue weighted by atomic mass is 10.2. The second-order valence-corrected chi connectivity index (χ2v) is 6.09. The molecule has 128 valence electrons. The quantitative estimate of drug-likeness (QED) is 0.751. The molecule has 2 N–H and O–H groups in total. The monoisotopic (exact) mass is 346 g/mol. The third kappa shape index (κ3) is 5.17. The van der Waals surface area contributed by atoms with Gasteiger partial charge in [-0.25, -0.2) is 0 Å². The zero-order chi connectivity index (χ0) is 17.5. The van der Waals surface area contributed by atoms with Gasteiger partial charge < -0.3 is 15.4 Å². The minimum absolute atomic E-state index is 0.131. The minimum atomic E-state index is -0.131. The molecule has 0 fully saturated rings. The highest BCUT2D eigenvalue weighted by Crippen LogP contribution is 2.23. The Balaban J connectivity index is 1.92. The van der Waals surface area contributed by atoms with Crippen LogP contribution in [-0.4, -0.2) is 18.6 Å². The van der Waals surface area contributed by atoms with Crippen molar-refractivity contribution in [2.75, 3.05) is 17.2 Å². The van der Waals surface area contributed by atoms with Crippen molar-refractivity contribution in [1.29, 1.82) is 0 Å². The van der Waals surface area contributed by atoms with Crippen LogP contribution >= 0.6 is 11.6 Å². The van der Waals surface area contributed by atoms with Gasteiger partial charge in [0.25, 0.3) is 0 Å². The fraction of sp³-hybridized carbons (Fsp3) is 0.316. The maximum absolute atomic E-state index is 12.1. The first-order chi connectivity index (χ1) is 11.5.